The lowest BCUT2D eigenvalue weighted by molar-refractivity contribution is -0.114. The first kappa shape index (κ1) is 30.3. The van der Waals surface area contributed by atoms with Gasteiger partial charge in [0.2, 0.25) is 15.9 Å². The Kier molecular flexibility index (Phi) is 9.53. The van der Waals surface area contributed by atoms with E-state index in [0.29, 0.717) is 12.4 Å². The highest BCUT2D eigenvalue weighted by Gasteiger charge is 2.29. The second-order valence-corrected chi connectivity index (χ2v) is 13.0. The van der Waals surface area contributed by atoms with Gasteiger partial charge in [-0.1, -0.05) is 17.7 Å². The number of rotatable bonds is 11. The van der Waals surface area contributed by atoms with Gasteiger partial charge in [0.05, 0.1) is 48.1 Å². The molecule has 1 N–H and O–H groups in total. The van der Waals surface area contributed by atoms with Crippen molar-refractivity contribution in [2.24, 2.45) is 0 Å². The minimum Gasteiger partial charge on any atom is -0.495 e. The minimum absolute atomic E-state index is 0.0148. The molecule has 1 amide bonds. The summed E-state index contributed by atoms with van der Waals surface area (Å²) >= 11 is 0. The molecule has 1 aliphatic heterocycles. The molecule has 4 rings (SSSR count). The summed E-state index contributed by atoms with van der Waals surface area (Å²) < 4.78 is 72.2. The molecule has 0 unspecified atom stereocenters. The monoisotopic (exact) mass is 603 g/mol. The lowest BCUT2D eigenvalue weighted by atomic mass is 10.2. The van der Waals surface area contributed by atoms with Crippen LogP contribution in [-0.2, 0) is 29.6 Å². The number of sulfonamides is 2. The highest BCUT2D eigenvalue weighted by atomic mass is 32.2. The van der Waals surface area contributed by atoms with Gasteiger partial charge in [-0.05, 0) is 68.4 Å². The maximum Gasteiger partial charge on any atom is 0.264 e. The fraction of sp³-hybridized carbons (Fsp3) is 0.321. The molecule has 1 saturated heterocycles. The van der Waals surface area contributed by atoms with Crippen LogP contribution in [0.5, 0.6) is 11.5 Å². The van der Waals surface area contributed by atoms with E-state index < -0.39 is 32.5 Å². The number of hydrogen-bond donors (Lipinski definition) is 1. The van der Waals surface area contributed by atoms with Crippen molar-refractivity contribution in [1.82, 2.24) is 4.31 Å². The largest absolute Gasteiger partial charge is 0.495 e. The third-order valence-corrected chi connectivity index (χ3v) is 10.1. The van der Waals surface area contributed by atoms with Crippen LogP contribution in [0.15, 0.2) is 76.5 Å². The van der Waals surface area contributed by atoms with Gasteiger partial charge in [0.25, 0.3) is 10.0 Å². The van der Waals surface area contributed by atoms with Gasteiger partial charge in [0, 0.05) is 13.1 Å². The Morgan fingerprint density at radius 3 is 2.20 bits per heavy atom. The second-order valence-electron chi connectivity index (χ2n) is 9.18. The van der Waals surface area contributed by atoms with E-state index in [1.165, 1.54) is 41.7 Å². The first-order chi connectivity index (χ1) is 19.6. The van der Waals surface area contributed by atoms with Crippen molar-refractivity contribution in [3.63, 3.8) is 0 Å². The van der Waals surface area contributed by atoms with Gasteiger partial charge in [-0.15, -0.1) is 0 Å². The standard InChI is InChI=1S/C28H33N3O8S2/c1-4-39-23-9-7-22(8-10-23)31(41(35,36)24-11-5-21(2)6-12-24)20-28(32)29-26-19-25(13-14-27(26)37-3)40(33,34)30-15-17-38-18-16-30/h5-14,19H,4,15-18,20H2,1-3H3,(H,29,32). The number of anilines is 2. The summed E-state index contributed by atoms with van der Waals surface area (Å²) in [4.78, 5) is 13.3. The Morgan fingerprint density at radius 2 is 1.59 bits per heavy atom. The van der Waals surface area contributed by atoms with Crippen LogP contribution in [0.3, 0.4) is 0 Å². The van der Waals surface area contributed by atoms with Crippen molar-refractivity contribution >= 4 is 37.3 Å². The van der Waals surface area contributed by atoms with Crippen LogP contribution < -0.4 is 19.1 Å². The summed E-state index contributed by atoms with van der Waals surface area (Å²) in [6.07, 6.45) is 0. The molecule has 0 saturated carbocycles. The predicted octanol–water partition coefficient (Wildman–Crippen LogP) is 3.26. The van der Waals surface area contributed by atoms with E-state index in [2.05, 4.69) is 5.32 Å². The van der Waals surface area contributed by atoms with Crippen LogP contribution in [0.1, 0.15) is 12.5 Å². The third kappa shape index (κ3) is 6.99. The molecule has 220 valence electrons. The van der Waals surface area contributed by atoms with Gasteiger partial charge < -0.3 is 19.5 Å². The Bertz CT molecular complexity index is 1570. The molecule has 1 aliphatic rings. The summed E-state index contributed by atoms with van der Waals surface area (Å²) in [5.41, 5.74) is 1.22. The van der Waals surface area contributed by atoms with Crippen molar-refractivity contribution in [2.75, 3.05) is 56.2 Å². The zero-order chi connectivity index (χ0) is 29.6. The van der Waals surface area contributed by atoms with Gasteiger partial charge in [-0.2, -0.15) is 4.31 Å². The number of nitrogens with one attached hydrogen (secondary N) is 1. The molecule has 0 atom stereocenters. The van der Waals surface area contributed by atoms with E-state index in [0.717, 1.165) is 9.87 Å². The van der Waals surface area contributed by atoms with Gasteiger partial charge in [0.15, 0.2) is 0 Å². The fourth-order valence-corrected chi connectivity index (χ4v) is 7.08. The first-order valence-corrected chi connectivity index (χ1v) is 15.8. The third-order valence-electron chi connectivity index (χ3n) is 6.38. The number of amides is 1. The summed E-state index contributed by atoms with van der Waals surface area (Å²) in [6, 6.07) is 16.8. The maximum atomic E-state index is 13.7. The molecule has 0 radical (unpaired) electrons. The molecule has 0 aromatic heterocycles. The molecule has 1 fully saturated rings. The number of carbonyl (C=O) groups excluding carboxylic acids is 1. The zero-order valence-electron chi connectivity index (χ0n) is 23.1. The van der Waals surface area contributed by atoms with E-state index in [-0.39, 0.29) is 53.2 Å². The van der Waals surface area contributed by atoms with Crippen molar-refractivity contribution in [2.45, 2.75) is 23.6 Å². The molecule has 1 heterocycles. The quantitative estimate of drug-likeness (QED) is 0.353. The normalized spacial score (nSPS) is 14.3. The molecule has 11 nitrogen and oxygen atoms in total. The first-order valence-electron chi connectivity index (χ1n) is 12.9. The zero-order valence-corrected chi connectivity index (χ0v) is 24.7. The smallest absolute Gasteiger partial charge is 0.264 e. The summed E-state index contributed by atoms with van der Waals surface area (Å²) in [7, 11) is -6.63. The summed E-state index contributed by atoms with van der Waals surface area (Å²) in [5.74, 6) is 0.0680. The molecule has 3 aromatic rings. The lowest BCUT2D eigenvalue weighted by Gasteiger charge is -2.26. The van der Waals surface area contributed by atoms with Gasteiger partial charge in [-0.3, -0.25) is 9.10 Å². The molecule has 41 heavy (non-hydrogen) atoms. The number of methoxy groups -OCH3 is 1. The number of ether oxygens (including phenoxy) is 3. The van der Waals surface area contributed by atoms with E-state index in [9.17, 15) is 21.6 Å². The number of nitrogens with zero attached hydrogens (tertiary/aromatic N) is 2. The van der Waals surface area contributed by atoms with E-state index in [1.807, 2.05) is 13.8 Å². The van der Waals surface area contributed by atoms with Gasteiger partial charge in [0.1, 0.15) is 18.0 Å². The van der Waals surface area contributed by atoms with Crippen LogP contribution in [-0.4, -0.2) is 73.6 Å². The average Bonchev–Trinajstić information content (AvgIpc) is 2.97. The average molecular weight is 604 g/mol. The Hall–Kier alpha value is -3.65. The van der Waals surface area contributed by atoms with Gasteiger partial charge >= 0.3 is 0 Å². The van der Waals surface area contributed by atoms with Crippen LogP contribution in [0.2, 0.25) is 0 Å². The van der Waals surface area contributed by atoms with E-state index >= 15 is 0 Å². The number of aryl methyl sites for hydroxylation is 1. The van der Waals surface area contributed by atoms with Crippen LogP contribution in [0, 0.1) is 6.92 Å². The summed E-state index contributed by atoms with van der Waals surface area (Å²) in [5, 5.41) is 2.64. The molecular formula is C28H33N3O8S2. The Balaban J connectivity index is 1.65. The van der Waals surface area contributed by atoms with Crippen LogP contribution in [0.25, 0.3) is 0 Å². The minimum atomic E-state index is -4.16. The maximum absolute atomic E-state index is 13.7. The molecule has 13 heteroatoms. The Morgan fingerprint density at radius 1 is 0.951 bits per heavy atom. The van der Waals surface area contributed by atoms with Crippen molar-refractivity contribution in [3.8, 4) is 11.5 Å². The number of morpholine rings is 1. The lowest BCUT2D eigenvalue weighted by Crippen LogP contribution is -2.40. The SMILES string of the molecule is CCOc1ccc(N(CC(=O)Nc2cc(S(=O)(=O)N3CCOCC3)ccc2OC)S(=O)(=O)c2ccc(C)cc2)cc1. The van der Waals surface area contributed by atoms with Crippen molar-refractivity contribution in [1.29, 1.82) is 0 Å². The second kappa shape index (κ2) is 12.9. The highest BCUT2D eigenvalue weighted by Crippen LogP contribution is 2.30. The van der Waals surface area contributed by atoms with E-state index in [1.54, 1.807) is 36.4 Å². The van der Waals surface area contributed by atoms with Crippen molar-refractivity contribution in [3.05, 3.63) is 72.3 Å². The molecule has 0 bridgehead atoms. The topological polar surface area (TPSA) is 132 Å². The molecule has 0 aliphatic carbocycles. The molecule has 0 spiro atoms. The van der Waals surface area contributed by atoms with E-state index in [4.69, 9.17) is 14.2 Å². The van der Waals surface area contributed by atoms with Crippen LogP contribution >= 0.6 is 0 Å². The van der Waals surface area contributed by atoms with Gasteiger partial charge in [-0.25, -0.2) is 16.8 Å². The predicted molar refractivity (Wildman–Crippen MR) is 155 cm³/mol. The number of carbonyl (C=O) groups is 1. The molecular weight excluding hydrogens is 570 g/mol. The molecule has 3 aromatic carbocycles. The fourth-order valence-electron chi connectivity index (χ4n) is 4.23. The highest BCUT2D eigenvalue weighted by molar-refractivity contribution is 7.92. The summed E-state index contributed by atoms with van der Waals surface area (Å²) in [6.45, 7) is 4.53. The number of benzene rings is 3. The van der Waals surface area contributed by atoms with Crippen LogP contribution in [0.4, 0.5) is 11.4 Å². The Labute approximate surface area is 240 Å². The van der Waals surface area contributed by atoms with Crippen molar-refractivity contribution < 1.29 is 35.8 Å². The number of hydrogen-bond acceptors (Lipinski definition) is 8.